The zero-order valence-corrected chi connectivity index (χ0v) is 9.32. The lowest BCUT2D eigenvalue weighted by molar-refractivity contribution is 0.176. The standard InChI is InChI=1S/C13H19NO/c1-11-4-3-7-14(9-11)10-12-5-2-6-13(15)8-12/h2,5-6,8,11,15H,3-4,7,9-10H2,1H3/t11-/m1/s1. The Morgan fingerprint density at radius 3 is 3.07 bits per heavy atom. The minimum atomic E-state index is 0.373. The average molecular weight is 205 g/mol. The fourth-order valence-corrected chi connectivity index (χ4v) is 2.34. The number of likely N-dealkylation sites (tertiary alicyclic amines) is 1. The summed E-state index contributed by atoms with van der Waals surface area (Å²) in [5.74, 6) is 1.19. The first-order chi connectivity index (χ1) is 7.24. The minimum absolute atomic E-state index is 0.373. The second-order valence-electron chi connectivity index (χ2n) is 4.65. The highest BCUT2D eigenvalue weighted by Crippen LogP contribution is 2.19. The molecule has 1 fully saturated rings. The van der Waals surface area contributed by atoms with Crippen LogP contribution in [-0.4, -0.2) is 23.1 Å². The summed E-state index contributed by atoms with van der Waals surface area (Å²) in [4.78, 5) is 2.48. The van der Waals surface area contributed by atoms with Gasteiger partial charge in [-0.1, -0.05) is 19.1 Å². The molecule has 2 nitrogen and oxygen atoms in total. The van der Waals surface area contributed by atoms with Crippen LogP contribution >= 0.6 is 0 Å². The third-order valence-electron chi connectivity index (χ3n) is 3.06. The molecule has 0 aliphatic carbocycles. The van der Waals surface area contributed by atoms with Crippen LogP contribution < -0.4 is 0 Å². The Morgan fingerprint density at radius 1 is 1.47 bits per heavy atom. The van der Waals surface area contributed by atoms with Gasteiger partial charge in [0.2, 0.25) is 0 Å². The minimum Gasteiger partial charge on any atom is -0.508 e. The highest BCUT2D eigenvalue weighted by atomic mass is 16.3. The average Bonchev–Trinajstić information content (AvgIpc) is 2.17. The molecule has 82 valence electrons. The van der Waals surface area contributed by atoms with E-state index in [9.17, 15) is 5.11 Å². The zero-order valence-electron chi connectivity index (χ0n) is 9.32. The van der Waals surface area contributed by atoms with E-state index in [0.29, 0.717) is 5.75 Å². The molecule has 1 aromatic carbocycles. The van der Waals surface area contributed by atoms with E-state index in [1.165, 1.54) is 31.5 Å². The molecular formula is C13H19NO. The van der Waals surface area contributed by atoms with Crippen molar-refractivity contribution in [1.29, 1.82) is 0 Å². The van der Waals surface area contributed by atoms with E-state index in [-0.39, 0.29) is 0 Å². The van der Waals surface area contributed by atoms with Crippen LogP contribution in [0.3, 0.4) is 0 Å². The van der Waals surface area contributed by atoms with E-state index in [1.807, 2.05) is 12.1 Å². The van der Waals surface area contributed by atoms with Crippen LogP contribution in [0.15, 0.2) is 24.3 Å². The summed E-state index contributed by atoms with van der Waals surface area (Å²) in [5, 5.41) is 9.38. The Kier molecular flexibility index (Phi) is 3.27. The number of hydrogen-bond donors (Lipinski definition) is 1. The Morgan fingerprint density at radius 2 is 2.33 bits per heavy atom. The number of phenolic OH excluding ortho intramolecular Hbond substituents is 1. The molecule has 1 N–H and O–H groups in total. The monoisotopic (exact) mass is 205 g/mol. The maximum absolute atomic E-state index is 9.38. The van der Waals surface area contributed by atoms with E-state index in [0.717, 1.165) is 12.5 Å². The van der Waals surface area contributed by atoms with Gasteiger partial charge in [0.25, 0.3) is 0 Å². The summed E-state index contributed by atoms with van der Waals surface area (Å²) < 4.78 is 0. The molecule has 0 amide bonds. The van der Waals surface area contributed by atoms with Crippen molar-refractivity contribution in [3.05, 3.63) is 29.8 Å². The van der Waals surface area contributed by atoms with Crippen LogP contribution in [-0.2, 0) is 6.54 Å². The first-order valence-electron chi connectivity index (χ1n) is 5.74. The van der Waals surface area contributed by atoms with E-state index in [4.69, 9.17) is 0 Å². The van der Waals surface area contributed by atoms with Crippen LogP contribution in [0, 0.1) is 5.92 Å². The quantitative estimate of drug-likeness (QED) is 0.802. The van der Waals surface area contributed by atoms with Gasteiger partial charge in [-0.3, -0.25) is 4.90 Å². The van der Waals surface area contributed by atoms with Gasteiger partial charge >= 0.3 is 0 Å². The molecule has 1 saturated heterocycles. The molecule has 0 saturated carbocycles. The highest BCUT2D eigenvalue weighted by Gasteiger charge is 2.15. The van der Waals surface area contributed by atoms with Gasteiger partial charge in [-0.25, -0.2) is 0 Å². The molecule has 1 aromatic rings. The SMILES string of the molecule is C[C@@H]1CCCN(Cc2cccc(O)c2)C1. The van der Waals surface area contributed by atoms with Gasteiger partial charge in [-0.2, -0.15) is 0 Å². The van der Waals surface area contributed by atoms with E-state index in [2.05, 4.69) is 17.9 Å². The van der Waals surface area contributed by atoms with E-state index >= 15 is 0 Å². The number of nitrogens with zero attached hydrogens (tertiary/aromatic N) is 1. The first-order valence-corrected chi connectivity index (χ1v) is 5.74. The molecule has 1 aliphatic rings. The topological polar surface area (TPSA) is 23.5 Å². The smallest absolute Gasteiger partial charge is 0.115 e. The zero-order chi connectivity index (χ0) is 10.7. The fraction of sp³-hybridized carbons (Fsp3) is 0.538. The molecule has 0 spiro atoms. The summed E-state index contributed by atoms with van der Waals surface area (Å²) in [6.07, 6.45) is 2.66. The number of piperidine rings is 1. The summed E-state index contributed by atoms with van der Waals surface area (Å²) in [6, 6.07) is 7.58. The second-order valence-corrected chi connectivity index (χ2v) is 4.65. The van der Waals surface area contributed by atoms with Crippen molar-refractivity contribution in [3.63, 3.8) is 0 Å². The third-order valence-corrected chi connectivity index (χ3v) is 3.06. The summed E-state index contributed by atoms with van der Waals surface area (Å²) in [7, 11) is 0. The summed E-state index contributed by atoms with van der Waals surface area (Å²) >= 11 is 0. The molecule has 0 aromatic heterocycles. The van der Waals surface area contributed by atoms with Crippen LogP contribution in [0.5, 0.6) is 5.75 Å². The highest BCUT2D eigenvalue weighted by molar-refractivity contribution is 5.26. The Hall–Kier alpha value is -1.02. The normalized spacial score (nSPS) is 22.9. The number of rotatable bonds is 2. The van der Waals surface area contributed by atoms with Gasteiger partial charge in [0.15, 0.2) is 0 Å². The molecule has 0 bridgehead atoms. The lowest BCUT2D eigenvalue weighted by Crippen LogP contribution is -2.33. The molecule has 2 rings (SSSR count). The predicted octanol–water partition coefficient (Wildman–Crippen LogP) is 2.62. The van der Waals surface area contributed by atoms with Gasteiger partial charge in [0.05, 0.1) is 0 Å². The molecule has 0 unspecified atom stereocenters. The van der Waals surface area contributed by atoms with Crippen molar-refractivity contribution in [3.8, 4) is 5.75 Å². The number of benzene rings is 1. The maximum Gasteiger partial charge on any atom is 0.115 e. The lowest BCUT2D eigenvalue weighted by Gasteiger charge is -2.30. The number of hydrogen-bond acceptors (Lipinski definition) is 2. The van der Waals surface area contributed by atoms with Crippen molar-refractivity contribution < 1.29 is 5.11 Å². The maximum atomic E-state index is 9.38. The molecule has 1 aliphatic heterocycles. The largest absolute Gasteiger partial charge is 0.508 e. The van der Waals surface area contributed by atoms with Crippen molar-refractivity contribution in [1.82, 2.24) is 4.90 Å². The van der Waals surface area contributed by atoms with Gasteiger partial charge in [-0.15, -0.1) is 0 Å². The van der Waals surface area contributed by atoms with Gasteiger partial charge in [-0.05, 0) is 43.0 Å². The second kappa shape index (κ2) is 4.67. The first kappa shape index (κ1) is 10.5. The van der Waals surface area contributed by atoms with Crippen molar-refractivity contribution in [2.24, 2.45) is 5.92 Å². The number of aromatic hydroxyl groups is 1. The molecular weight excluding hydrogens is 186 g/mol. The molecule has 0 radical (unpaired) electrons. The van der Waals surface area contributed by atoms with Gasteiger partial charge < -0.3 is 5.11 Å². The van der Waals surface area contributed by atoms with Crippen molar-refractivity contribution in [2.45, 2.75) is 26.3 Å². The van der Waals surface area contributed by atoms with Gasteiger partial charge in [0.1, 0.15) is 5.75 Å². The van der Waals surface area contributed by atoms with Gasteiger partial charge in [0, 0.05) is 13.1 Å². The Bertz CT molecular complexity index is 324. The predicted molar refractivity (Wildman–Crippen MR) is 61.8 cm³/mol. The third kappa shape index (κ3) is 2.96. The summed E-state index contributed by atoms with van der Waals surface area (Å²) in [5.41, 5.74) is 1.21. The van der Waals surface area contributed by atoms with Crippen molar-refractivity contribution >= 4 is 0 Å². The molecule has 15 heavy (non-hydrogen) atoms. The molecule has 1 heterocycles. The van der Waals surface area contributed by atoms with E-state index in [1.54, 1.807) is 6.07 Å². The Balaban J connectivity index is 1.96. The van der Waals surface area contributed by atoms with Crippen LogP contribution in [0.4, 0.5) is 0 Å². The Labute approximate surface area is 91.5 Å². The van der Waals surface area contributed by atoms with Crippen LogP contribution in [0.25, 0.3) is 0 Å². The molecule has 1 atom stereocenters. The van der Waals surface area contributed by atoms with Crippen molar-refractivity contribution in [2.75, 3.05) is 13.1 Å². The number of phenols is 1. The van der Waals surface area contributed by atoms with Crippen LogP contribution in [0.2, 0.25) is 0 Å². The van der Waals surface area contributed by atoms with Crippen LogP contribution in [0.1, 0.15) is 25.3 Å². The molecule has 2 heteroatoms. The van der Waals surface area contributed by atoms with E-state index < -0.39 is 0 Å². The fourth-order valence-electron chi connectivity index (χ4n) is 2.34. The lowest BCUT2D eigenvalue weighted by atomic mass is 10.00. The summed E-state index contributed by atoms with van der Waals surface area (Å²) in [6.45, 7) is 5.67.